The largest absolute Gasteiger partial charge is 0.482 e. The third-order valence-electron chi connectivity index (χ3n) is 0. The number of rotatable bonds is 0. The third kappa shape index (κ3) is 226. The molecule has 0 aliphatic carbocycles. The van der Waals surface area contributed by atoms with E-state index in [1.54, 1.807) is 0 Å². The molecule has 4 N–H and O–H groups in total. The van der Waals surface area contributed by atoms with Gasteiger partial charge in [-0.25, -0.2) is 0 Å². The average Bonchev–Trinajstić information content (AvgIpc) is 1.33. The van der Waals surface area contributed by atoms with Gasteiger partial charge >= 0.3 is 14.8 Å². The first-order chi connectivity index (χ1) is 3.15. The summed E-state index contributed by atoms with van der Waals surface area (Å²) in [7, 11) is -1.17. The van der Waals surface area contributed by atoms with Crippen LogP contribution in [0.1, 0.15) is 0 Å². The van der Waals surface area contributed by atoms with Crippen molar-refractivity contribution in [1.82, 2.24) is 0 Å². The van der Waals surface area contributed by atoms with E-state index in [-0.39, 0.29) is 40.4 Å². The van der Waals surface area contributed by atoms with Crippen LogP contribution >= 0.6 is 0 Å². The third-order valence-corrected chi connectivity index (χ3v) is 0. The van der Waals surface area contributed by atoms with Crippen molar-refractivity contribution in [2.45, 2.75) is 6.82 Å². The van der Waals surface area contributed by atoms with Gasteiger partial charge in [-0.3, -0.25) is 0 Å². The molecule has 8 heavy (non-hydrogen) atoms. The Labute approximate surface area is 74.3 Å². The van der Waals surface area contributed by atoms with Crippen LogP contribution in [0.5, 0.6) is 0 Å². The molecule has 0 bridgehead atoms. The first-order valence-corrected chi connectivity index (χ1v) is 1.61. The van der Waals surface area contributed by atoms with E-state index in [1.165, 1.54) is 6.82 Å². The second-order valence-electron chi connectivity index (χ2n) is 0.747. The zero-order chi connectivity index (χ0) is 6.28. The van der Waals surface area contributed by atoms with Gasteiger partial charge in [0.05, 0.1) is 0 Å². The Morgan fingerprint density at radius 3 is 1.25 bits per heavy atom. The van der Waals surface area contributed by atoms with Crippen LogP contribution in [0.15, 0.2) is 0 Å². The average molecular weight is 194 g/mol. The van der Waals surface area contributed by atoms with Crippen molar-refractivity contribution in [3.8, 4) is 0 Å². The first kappa shape index (κ1) is 16.0. The summed E-state index contributed by atoms with van der Waals surface area (Å²) in [6, 6.07) is 0. The summed E-state index contributed by atoms with van der Waals surface area (Å²) in [5.74, 6) is 0. The summed E-state index contributed by atoms with van der Waals surface area (Å²) < 4.78 is 0. The molecule has 0 aliphatic rings. The summed E-state index contributed by atoms with van der Waals surface area (Å²) in [5.41, 5.74) is 0. The minimum atomic E-state index is -1.17. The molecule has 0 aliphatic heterocycles. The van der Waals surface area contributed by atoms with E-state index in [9.17, 15) is 0 Å². The fourth-order valence-electron chi connectivity index (χ4n) is 0. The van der Waals surface area contributed by atoms with Crippen molar-refractivity contribution >= 4 is 14.8 Å². The van der Waals surface area contributed by atoms with E-state index in [1.807, 2.05) is 0 Å². The van der Waals surface area contributed by atoms with Crippen molar-refractivity contribution in [1.29, 1.82) is 0 Å². The molecule has 7 heteroatoms. The van der Waals surface area contributed by atoms with Gasteiger partial charge in [-0.2, -0.15) is 0 Å². The minimum Gasteiger partial charge on any atom is -0.429 e. The zero-order valence-corrected chi connectivity index (χ0v) is 7.36. The van der Waals surface area contributed by atoms with Crippen LogP contribution in [-0.4, -0.2) is 34.9 Å². The van der Waals surface area contributed by atoms with E-state index < -0.39 is 7.12 Å². The maximum atomic E-state index is 7.61. The van der Waals surface area contributed by atoms with Gasteiger partial charge in [0.15, 0.2) is 0 Å². The van der Waals surface area contributed by atoms with Crippen molar-refractivity contribution < 1.29 is 52.8 Å². The van der Waals surface area contributed by atoms with Crippen LogP contribution in [0.25, 0.3) is 0 Å². The fourth-order valence-corrected chi connectivity index (χ4v) is 0. The predicted molar refractivity (Wildman–Crippen MR) is 26.2 cm³/mol. The molecule has 0 aromatic heterocycles. The Hall–Kier alpha value is 1.07. The van der Waals surface area contributed by atoms with Gasteiger partial charge in [0.1, 0.15) is 0 Å². The van der Waals surface area contributed by atoms with E-state index in [0.717, 1.165) is 0 Å². The smallest absolute Gasteiger partial charge is 0.429 e. The van der Waals surface area contributed by atoms with Gasteiger partial charge in [0, 0.05) is 32.7 Å². The Bertz CT molecular complexity index is 25.2. The molecule has 0 atom stereocenters. The van der Waals surface area contributed by atoms with Gasteiger partial charge in [-0.05, 0) is 6.82 Å². The van der Waals surface area contributed by atoms with Crippen LogP contribution < -0.4 is 0 Å². The molecule has 0 saturated heterocycles. The van der Waals surface area contributed by atoms with Gasteiger partial charge in [-0.15, -0.1) is 0 Å². The Morgan fingerprint density at radius 2 is 1.25 bits per heavy atom. The molecule has 0 aromatic rings. The monoisotopic (exact) mass is 194 g/mol. The second-order valence-corrected chi connectivity index (χ2v) is 0.747. The van der Waals surface area contributed by atoms with Gasteiger partial charge in [-0.1, -0.05) is 0 Å². The van der Waals surface area contributed by atoms with Crippen LogP contribution in [-0.2, 0) is 32.7 Å². The van der Waals surface area contributed by atoms with Crippen molar-refractivity contribution in [2.24, 2.45) is 0 Å². The number of hydrogen-bond acceptors (Lipinski definition) is 4. The summed E-state index contributed by atoms with van der Waals surface area (Å²) in [6.07, 6.45) is 0. The van der Waals surface area contributed by atoms with Gasteiger partial charge < -0.3 is 20.1 Å². The molecule has 0 heterocycles. The SMILES string of the molecule is CB(O)O.O[B]O.[Y]. The molecule has 0 saturated carbocycles. The molecule has 0 amide bonds. The zero-order valence-electron chi connectivity index (χ0n) is 4.52. The summed E-state index contributed by atoms with van der Waals surface area (Å²) in [4.78, 5) is 0. The fraction of sp³-hybridized carbons (Fsp3) is 1.00. The Kier molecular flexibility index (Phi) is 31.5. The Balaban J connectivity index is -0.0000000575. The summed E-state index contributed by atoms with van der Waals surface area (Å²) in [5, 5.41) is 29.2. The maximum Gasteiger partial charge on any atom is 0.482 e. The molecular formula is CH7B2O4Y. The van der Waals surface area contributed by atoms with Gasteiger partial charge in [0.2, 0.25) is 0 Å². The quantitative estimate of drug-likeness (QED) is 0.323. The molecule has 0 spiro atoms. The molecular weight excluding hydrogens is 187 g/mol. The topological polar surface area (TPSA) is 80.9 Å². The maximum absolute atomic E-state index is 7.61. The van der Waals surface area contributed by atoms with E-state index in [2.05, 4.69) is 0 Å². The van der Waals surface area contributed by atoms with Crippen molar-refractivity contribution in [3.05, 3.63) is 0 Å². The van der Waals surface area contributed by atoms with E-state index in [0.29, 0.717) is 0 Å². The van der Waals surface area contributed by atoms with E-state index >= 15 is 0 Å². The molecule has 44 valence electrons. The molecule has 0 unspecified atom stereocenters. The molecule has 0 aromatic carbocycles. The van der Waals surface area contributed by atoms with Crippen molar-refractivity contribution in [3.63, 3.8) is 0 Å². The summed E-state index contributed by atoms with van der Waals surface area (Å²) >= 11 is 0. The molecule has 4 nitrogen and oxygen atoms in total. The normalized spacial score (nSPS) is 5.12. The van der Waals surface area contributed by atoms with Crippen LogP contribution in [0.2, 0.25) is 6.82 Å². The number of hydrogen-bond donors (Lipinski definition) is 4. The molecule has 2 radical (unpaired) electrons. The summed E-state index contributed by atoms with van der Waals surface area (Å²) in [6.45, 7) is 1.28. The predicted octanol–water partition coefficient (Wildman–Crippen LogP) is -2.41. The van der Waals surface area contributed by atoms with Crippen LogP contribution in [0, 0.1) is 0 Å². The van der Waals surface area contributed by atoms with Crippen molar-refractivity contribution in [2.75, 3.05) is 0 Å². The molecule has 0 rings (SSSR count). The van der Waals surface area contributed by atoms with E-state index in [4.69, 9.17) is 20.1 Å². The van der Waals surface area contributed by atoms with Crippen LogP contribution in [0.4, 0.5) is 0 Å². The second kappa shape index (κ2) is 15.7. The van der Waals surface area contributed by atoms with Crippen LogP contribution in [0.3, 0.4) is 0 Å². The standard InChI is InChI=1S/CH5BO2.BH2O2.Y/c1-2(3)4;2-1-3;/h3-4H,1H3;2-3H;. The Morgan fingerprint density at radius 1 is 1.25 bits per heavy atom. The first-order valence-electron chi connectivity index (χ1n) is 1.61. The minimum absolute atomic E-state index is 0. The van der Waals surface area contributed by atoms with Gasteiger partial charge in [0.25, 0.3) is 0 Å². The molecule has 0 fully saturated rings.